The van der Waals surface area contributed by atoms with Gasteiger partial charge < -0.3 is 14.8 Å². The molecule has 19 heavy (non-hydrogen) atoms. The highest BCUT2D eigenvalue weighted by atomic mass is 16.5. The summed E-state index contributed by atoms with van der Waals surface area (Å²) in [4.78, 5) is 11.8. The first-order chi connectivity index (χ1) is 9.12. The topological polar surface area (TPSA) is 47.6 Å². The molecule has 0 fully saturated rings. The molecule has 0 saturated heterocycles. The van der Waals surface area contributed by atoms with Crippen LogP contribution in [-0.2, 0) is 11.2 Å². The number of amides is 1. The van der Waals surface area contributed by atoms with E-state index in [1.807, 2.05) is 19.1 Å². The van der Waals surface area contributed by atoms with E-state index in [4.69, 9.17) is 9.47 Å². The maximum atomic E-state index is 11.8. The Hall–Kier alpha value is -1.71. The van der Waals surface area contributed by atoms with Crippen LogP contribution in [0.25, 0.3) is 0 Å². The molecule has 0 spiro atoms. The van der Waals surface area contributed by atoms with Crippen molar-refractivity contribution in [3.8, 4) is 11.5 Å². The first-order valence-corrected chi connectivity index (χ1v) is 6.60. The van der Waals surface area contributed by atoms with Crippen molar-refractivity contribution in [3.63, 3.8) is 0 Å². The third-order valence-electron chi connectivity index (χ3n) is 3.00. The maximum Gasteiger partial charge on any atom is 0.224 e. The van der Waals surface area contributed by atoms with Gasteiger partial charge in [-0.15, -0.1) is 0 Å². The molecule has 0 aromatic heterocycles. The summed E-state index contributed by atoms with van der Waals surface area (Å²) in [5.41, 5.74) is 1.84. The number of hydrogen-bond acceptors (Lipinski definition) is 3. The fourth-order valence-electron chi connectivity index (χ4n) is 1.89. The van der Waals surface area contributed by atoms with Crippen LogP contribution in [0.4, 0.5) is 0 Å². The van der Waals surface area contributed by atoms with Gasteiger partial charge in [-0.05, 0) is 31.0 Å². The van der Waals surface area contributed by atoms with Gasteiger partial charge in [-0.3, -0.25) is 4.79 Å². The van der Waals surface area contributed by atoms with Gasteiger partial charge in [0.1, 0.15) is 11.5 Å². The highest BCUT2D eigenvalue weighted by Gasteiger charge is 2.12. The molecule has 1 amide bonds. The summed E-state index contributed by atoms with van der Waals surface area (Å²) in [6, 6.07) is 3.76. The number of rotatable bonds is 7. The fourth-order valence-corrected chi connectivity index (χ4v) is 1.89. The van der Waals surface area contributed by atoms with Crippen molar-refractivity contribution in [2.45, 2.75) is 33.1 Å². The molecule has 1 N–H and O–H groups in total. The van der Waals surface area contributed by atoms with Gasteiger partial charge in [0, 0.05) is 12.1 Å². The van der Waals surface area contributed by atoms with Gasteiger partial charge in [-0.25, -0.2) is 0 Å². The van der Waals surface area contributed by atoms with Crippen molar-refractivity contribution in [2.75, 3.05) is 20.8 Å². The van der Waals surface area contributed by atoms with Gasteiger partial charge in [0.25, 0.3) is 0 Å². The van der Waals surface area contributed by atoms with Crippen molar-refractivity contribution in [1.29, 1.82) is 0 Å². The lowest BCUT2D eigenvalue weighted by molar-refractivity contribution is -0.120. The number of ether oxygens (including phenoxy) is 2. The van der Waals surface area contributed by atoms with Crippen LogP contribution in [0.1, 0.15) is 30.9 Å². The smallest absolute Gasteiger partial charge is 0.224 e. The molecule has 0 bridgehead atoms. The molecule has 1 aromatic rings. The third kappa shape index (κ3) is 4.47. The molecule has 0 heterocycles. The zero-order valence-corrected chi connectivity index (χ0v) is 12.2. The van der Waals surface area contributed by atoms with E-state index in [1.54, 1.807) is 14.2 Å². The summed E-state index contributed by atoms with van der Waals surface area (Å²) in [6.07, 6.45) is 2.38. The fraction of sp³-hybridized carbons (Fsp3) is 0.533. The van der Waals surface area contributed by atoms with Crippen molar-refractivity contribution in [3.05, 3.63) is 23.3 Å². The SMILES string of the molecule is CCCCNC(=O)Cc1cc(OC)c(C)cc1OC. The van der Waals surface area contributed by atoms with E-state index in [1.165, 1.54) is 0 Å². The van der Waals surface area contributed by atoms with Crippen LogP contribution in [0.3, 0.4) is 0 Å². The Balaban J connectivity index is 2.78. The van der Waals surface area contributed by atoms with E-state index in [0.717, 1.165) is 42.0 Å². The van der Waals surface area contributed by atoms with Crippen LogP contribution in [0.15, 0.2) is 12.1 Å². The molecular weight excluding hydrogens is 242 g/mol. The Morgan fingerprint density at radius 2 is 1.89 bits per heavy atom. The molecule has 4 nitrogen and oxygen atoms in total. The molecule has 4 heteroatoms. The van der Waals surface area contributed by atoms with Crippen LogP contribution in [0.2, 0.25) is 0 Å². The van der Waals surface area contributed by atoms with E-state index in [0.29, 0.717) is 6.42 Å². The molecule has 106 valence electrons. The number of methoxy groups -OCH3 is 2. The van der Waals surface area contributed by atoms with Crippen LogP contribution < -0.4 is 14.8 Å². The first-order valence-electron chi connectivity index (χ1n) is 6.60. The molecule has 0 aliphatic heterocycles. The number of aryl methyl sites for hydroxylation is 1. The Kier molecular flexibility index (Phi) is 6.19. The highest BCUT2D eigenvalue weighted by molar-refractivity contribution is 5.79. The molecule has 0 aliphatic carbocycles. The summed E-state index contributed by atoms with van der Waals surface area (Å²) >= 11 is 0. The van der Waals surface area contributed by atoms with E-state index >= 15 is 0 Å². The molecule has 0 aliphatic rings. The number of benzene rings is 1. The zero-order chi connectivity index (χ0) is 14.3. The molecule has 0 saturated carbocycles. The third-order valence-corrected chi connectivity index (χ3v) is 3.00. The van der Waals surface area contributed by atoms with Crippen LogP contribution in [-0.4, -0.2) is 26.7 Å². The average Bonchev–Trinajstić information content (AvgIpc) is 2.40. The number of unbranched alkanes of at least 4 members (excludes halogenated alkanes) is 1. The van der Waals surface area contributed by atoms with Crippen molar-refractivity contribution in [2.24, 2.45) is 0 Å². The van der Waals surface area contributed by atoms with Gasteiger partial charge in [-0.1, -0.05) is 13.3 Å². The van der Waals surface area contributed by atoms with Crippen LogP contribution in [0.5, 0.6) is 11.5 Å². The number of hydrogen-bond donors (Lipinski definition) is 1. The van der Waals surface area contributed by atoms with Crippen molar-refractivity contribution < 1.29 is 14.3 Å². The van der Waals surface area contributed by atoms with E-state index in [-0.39, 0.29) is 5.91 Å². The standard InChI is InChI=1S/C15H23NO3/c1-5-6-7-16-15(17)10-12-9-13(18-3)11(2)8-14(12)19-4/h8-9H,5-7,10H2,1-4H3,(H,16,17). The second kappa shape index (κ2) is 7.67. The Labute approximate surface area is 115 Å². The molecule has 1 rings (SSSR count). The molecule has 0 atom stereocenters. The van der Waals surface area contributed by atoms with Crippen LogP contribution in [0, 0.1) is 6.92 Å². The average molecular weight is 265 g/mol. The quantitative estimate of drug-likeness (QED) is 0.770. The first kappa shape index (κ1) is 15.3. The van der Waals surface area contributed by atoms with E-state index in [2.05, 4.69) is 12.2 Å². The second-order valence-corrected chi connectivity index (χ2v) is 4.51. The molecule has 1 aromatic carbocycles. The lowest BCUT2D eigenvalue weighted by Crippen LogP contribution is -2.26. The summed E-state index contributed by atoms with van der Waals surface area (Å²) < 4.78 is 10.6. The van der Waals surface area contributed by atoms with E-state index < -0.39 is 0 Å². The van der Waals surface area contributed by atoms with Gasteiger partial charge in [-0.2, -0.15) is 0 Å². The van der Waals surface area contributed by atoms with Crippen LogP contribution >= 0.6 is 0 Å². The molecule has 0 radical (unpaired) electrons. The largest absolute Gasteiger partial charge is 0.496 e. The number of carbonyl (C=O) groups is 1. The summed E-state index contributed by atoms with van der Waals surface area (Å²) in [5.74, 6) is 1.51. The zero-order valence-electron chi connectivity index (χ0n) is 12.2. The summed E-state index contributed by atoms with van der Waals surface area (Å²) in [5, 5.41) is 2.90. The monoisotopic (exact) mass is 265 g/mol. The molecule has 0 unspecified atom stereocenters. The Morgan fingerprint density at radius 1 is 1.21 bits per heavy atom. The van der Waals surface area contributed by atoms with Crippen molar-refractivity contribution in [1.82, 2.24) is 5.32 Å². The normalized spacial score (nSPS) is 10.1. The second-order valence-electron chi connectivity index (χ2n) is 4.51. The predicted octanol–water partition coefficient (Wildman–Crippen LogP) is 2.47. The summed E-state index contributed by atoms with van der Waals surface area (Å²) in [7, 11) is 3.24. The van der Waals surface area contributed by atoms with E-state index in [9.17, 15) is 4.79 Å². The minimum absolute atomic E-state index is 0.0117. The lowest BCUT2D eigenvalue weighted by atomic mass is 10.1. The van der Waals surface area contributed by atoms with Gasteiger partial charge in [0.2, 0.25) is 5.91 Å². The lowest BCUT2D eigenvalue weighted by Gasteiger charge is -2.13. The Morgan fingerprint density at radius 3 is 2.47 bits per heavy atom. The van der Waals surface area contributed by atoms with Gasteiger partial charge in [0.15, 0.2) is 0 Å². The molecular formula is C15H23NO3. The summed E-state index contributed by atoms with van der Waals surface area (Å²) in [6.45, 7) is 4.77. The number of nitrogens with one attached hydrogen (secondary N) is 1. The predicted molar refractivity (Wildman–Crippen MR) is 75.9 cm³/mol. The minimum atomic E-state index is 0.0117. The van der Waals surface area contributed by atoms with Gasteiger partial charge in [0.05, 0.1) is 20.6 Å². The highest BCUT2D eigenvalue weighted by Crippen LogP contribution is 2.28. The Bertz CT molecular complexity index is 430. The minimum Gasteiger partial charge on any atom is -0.496 e. The number of carbonyl (C=O) groups excluding carboxylic acids is 1. The maximum absolute atomic E-state index is 11.8. The van der Waals surface area contributed by atoms with Crippen molar-refractivity contribution >= 4 is 5.91 Å². The van der Waals surface area contributed by atoms with Gasteiger partial charge >= 0.3 is 0 Å².